The van der Waals surface area contributed by atoms with Gasteiger partial charge in [-0.25, -0.2) is 0 Å². The number of carbonyl (C=O) groups is 1. The van der Waals surface area contributed by atoms with Gasteiger partial charge < -0.3 is 14.3 Å². The van der Waals surface area contributed by atoms with Crippen LogP contribution in [0.3, 0.4) is 0 Å². The van der Waals surface area contributed by atoms with Crippen LogP contribution in [0.25, 0.3) is 11.3 Å². The predicted octanol–water partition coefficient (Wildman–Crippen LogP) is 6.38. The molecule has 2 aromatic carbocycles. The summed E-state index contributed by atoms with van der Waals surface area (Å²) in [4.78, 5) is 13.0. The van der Waals surface area contributed by atoms with Crippen molar-refractivity contribution in [2.24, 2.45) is 0 Å². The summed E-state index contributed by atoms with van der Waals surface area (Å²) in [5.74, 6) is 1.05. The van der Waals surface area contributed by atoms with Gasteiger partial charge in [0.1, 0.15) is 11.5 Å². The molecule has 0 saturated carbocycles. The van der Waals surface area contributed by atoms with E-state index in [1.54, 1.807) is 6.26 Å². The largest absolute Gasteiger partial charge is 0.493 e. The first-order chi connectivity index (χ1) is 15.5. The Morgan fingerprint density at radius 1 is 0.969 bits per heavy atom. The fraction of sp³-hybridized carbons (Fsp3) is 0.370. The Morgan fingerprint density at radius 3 is 2.44 bits per heavy atom. The van der Waals surface area contributed by atoms with E-state index in [1.165, 1.54) is 11.1 Å². The first-order valence-electron chi connectivity index (χ1n) is 11.3. The van der Waals surface area contributed by atoms with E-state index < -0.39 is 5.97 Å². The molecule has 0 aliphatic rings. The molecule has 0 fully saturated rings. The van der Waals surface area contributed by atoms with E-state index in [0.29, 0.717) is 19.1 Å². The number of rotatable bonds is 13. The standard InChI is InChI=1S/C27H33NO4/c1-21(2)28(19-22-13-15-23(16-14-22)25-11-8-18-32-25)20-24-9-5-6-10-26(24)31-17-7-3-4-12-27(29)30/h5-6,8-11,13-16,18,21H,3-4,7,12,17,19-20H2,1-2H3,(H,29,30). The molecule has 5 nitrogen and oxygen atoms in total. The van der Waals surface area contributed by atoms with Crippen molar-refractivity contribution >= 4 is 5.97 Å². The fourth-order valence-corrected chi connectivity index (χ4v) is 3.60. The van der Waals surface area contributed by atoms with E-state index in [9.17, 15) is 4.79 Å². The van der Waals surface area contributed by atoms with Gasteiger partial charge in [0.25, 0.3) is 0 Å². The summed E-state index contributed by atoms with van der Waals surface area (Å²) >= 11 is 0. The Labute approximate surface area is 190 Å². The molecule has 3 aromatic rings. The van der Waals surface area contributed by atoms with Crippen LogP contribution in [0.15, 0.2) is 71.3 Å². The number of carboxylic acid groups (broad SMARTS) is 1. The van der Waals surface area contributed by atoms with E-state index in [2.05, 4.69) is 49.1 Å². The maximum atomic E-state index is 10.6. The highest BCUT2D eigenvalue weighted by Crippen LogP contribution is 2.24. The highest BCUT2D eigenvalue weighted by molar-refractivity contribution is 5.66. The molecule has 0 saturated heterocycles. The molecule has 0 unspecified atom stereocenters. The maximum Gasteiger partial charge on any atom is 0.303 e. The zero-order valence-corrected chi connectivity index (χ0v) is 19.0. The monoisotopic (exact) mass is 435 g/mol. The number of unbranched alkanes of at least 4 members (excludes halogenated alkanes) is 2. The predicted molar refractivity (Wildman–Crippen MR) is 127 cm³/mol. The Morgan fingerprint density at radius 2 is 1.75 bits per heavy atom. The molecule has 0 bridgehead atoms. The number of benzene rings is 2. The van der Waals surface area contributed by atoms with Gasteiger partial charge in [0.2, 0.25) is 0 Å². The van der Waals surface area contributed by atoms with Gasteiger partial charge in [0.15, 0.2) is 0 Å². The molecular formula is C27H33NO4. The lowest BCUT2D eigenvalue weighted by molar-refractivity contribution is -0.137. The van der Waals surface area contributed by atoms with Crippen molar-refractivity contribution in [3.8, 4) is 17.1 Å². The van der Waals surface area contributed by atoms with Crippen molar-refractivity contribution in [3.05, 3.63) is 78.1 Å². The van der Waals surface area contributed by atoms with E-state index in [4.69, 9.17) is 14.3 Å². The van der Waals surface area contributed by atoms with Gasteiger partial charge >= 0.3 is 5.97 Å². The molecule has 0 radical (unpaired) electrons. The zero-order chi connectivity index (χ0) is 22.8. The summed E-state index contributed by atoms with van der Waals surface area (Å²) in [6.45, 7) is 6.67. The number of carboxylic acids is 1. The lowest BCUT2D eigenvalue weighted by atomic mass is 10.1. The van der Waals surface area contributed by atoms with Crippen molar-refractivity contribution in [1.29, 1.82) is 0 Å². The molecular weight excluding hydrogens is 402 g/mol. The molecule has 1 heterocycles. The van der Waals surface area contributed by atoms with Gasteiger partial charge in [0.05, 0.1) is 12.9 Å². The average molecular weight is 436 g/mol. The molecule has 5 heteroatoms. The van der Waals surface area contributed by atoms with Crippen LogP contribution in [0.1, 0.15) is 50.7 Å². The summed E-state index contributed by atoms with van der Waals surface area (Å²) in [5, 5.41) is 8.74. The first kappa shape index (κ1) is 23.6. The van der Waals surface area contributed by atoms with Crippen molar-refractivity contribution in [2.75, 3.05) is 6.61 Å². The van der Waals surface area contributed by atoms with Crippen molar-refractivity contribution in [2.45, 2.75) is 58.7 Å². The molecule has 0 atom stereocenters. The van der Waals surface area contributed by atoms with Crippen LogP contribution < -0.4 is 4.74 Å². The van der Waals surface area contributed by atoms with Gasteiger partial charge in [-0.05, 0) is 56.9 Å². The van der Waals surface area contributed by atoms with E-state index in [0.717, 1.165) is 43.0 Å². The van der Waals surface area contributed by atoms with Gasteiger partial charge in [-0.3, -0.25) is 9.69 Å². The van der Waals surface area contributed by atoms with Crippen LogP contribution in [0.4, 0.5) is 0 Å². The number of ether oxygens (including phenoxy) is 1. The third-order valence-electron chi connectivity index (χ3n) is 5.51. The number of para-hydroxylation sites is 1. The number of furan rings is 1. The second kappa shape index (κ2) is 12.1. The van der Waals surface area contributed by atoms with Gasteiger partial charge in [0, 0.05) is 36.7 Å². The zero-order valence-electron chi connectivity index (χ0n) is 19.0. The smallest absolute Gasteiger partial charge is 0.303 e. The Bertz CT molecular complexity index is 948. The molecule has 0 spiro atoms. The van der Waals surface area contributed by atoms with Gasteiger partial charge in [-0.15, -0.1) is 0 Å². The van der Waals surface area contributed by atoms with Crippen LogP contribution in [-0.2, 0) is 17.9 Å². The minimum atomic E-state index is -0.736. The summed E-state index contributed by atoms with van der Waals surface area (Å²) in [7, 11) is 0. The third-order valence-corrected chi connectivity index (χ3v) is 5.51. The van der Waals surface area contributed by atoms with Crippen LogP contribution in [0.2, 0.25) is 0 Å². The van der Waals surface area contributed by atoms with Crippen LogP contribution >= 0.6 is 0 Å². The highest BCUT2D eigenvalue weighted by Gasteiger charge is 2.14. The Kier molecular flexibility index (Phi) is 8.93. The fourth-order valence-electron chi connectivity index (χ4n) is 3.60. The van der Waals surface area contributed by atoms with Crippen LogP contribution in [-0.4, -0.2) is 28.6 Å². The normalized spacial score (nSPS) is 11.2. The summed E-state index contributed by atoms with van der Waals surface area (Å²) < 4.78 is 11.5. The molecule has 0 aliphatic heterocycles. The van der Waals surface area contributed by atoms with E-state index in [1.807, 2.05) is 30.3 Å². The number of aliphatic carboxylic acids is 1. The molecule has 1 N–H and O–H groups in total. The van der Waals surface area contributed by atoms with Crippen LogP contribution in [0, 0.1) is 0 Å². The first-order valence-corrected chi connectivity index (χ1v) is 11.3. The summed E-state index contributed by atoms with van der Waals surface area (Å²) in [5.41, 5.74) is 3.50. The van der Waals surface area contributed by atoms with Gasteiger partial charge in [-0.1, -0.05) is 42.5 Å². The minimum Gasteiger partial charge on any atom is -0.493 e. The molecule has 3 rings (SSSR count). The quantitative estimate of drug-likeness (QED) is 0.316. The van der Waals surface area contributed by atoms with Crippen molar-refractivity contribution in [3.63, 3.8) is 0 Å². The topological polar surface area (TPSA) is 62.9 Å². The average Bonchev–Trinajstić information content (AvgIpc) is 3.32. The van der Waals surface area contributed by atoms with E-state index >= 15 is 0 Å². The van der Waals surface area contributed by atoms with E-state index in [-0.39, 0.29) is 6.42 Å². The lowest BCUT2D eigenvalue weighted by Gasteiger charge is -2.27. The maximum absolute atomic E-state index is 10.6. The molecule has 0 amide bonds. The second-order valence-electron chi connectivity index (χ2n) is 8.33. The summed E-state index contributed by atoms with van der Waals surface area (Å²) in [6.07, 6.45) is 4.33. The lowest BCUT2D eigenvalue weighted by Crippen LogP contribution is -2.30. The molecule has 1 aromatic heterocycles. The Balaban J connectivity index is 1.58. The molecule has 32 heavy (non-hydrogen) atoms. The van der Waals surface area contributed by atoms with Crippen molar-refractivity contribution < 1.29 is 19.1 Å². The Hall–Kier alpha value is -3.05. The van der Waals surface area contributed by atoms with Crippen LogP contribution in [0.5, 0.6) is 5.75 Å². The van der Waals surface area contributed by atoms with Crippen molar-refractivity contribution in [1.82, 2.24) is 4.90 Å². The molecule has 170 valence electrons. The number of nitrogens with zero attached hydrogens (tertiary/aromatic N) is 1. The highest BCUT2D eigenvalue weighted by atomic mass is 16.5. The minimum absolute atomic E-state index is 0.225. The third kappa shape index (κ3) is 7.27. The second-order valence-corrected chi connectivity index (χ2v) is 8.33. The number of hydrogen-bond donors (Lipinski definition) is 1. The SMILES string of the molecule is CC(C)N(Cc1ccc(-c2ccco2)cc1)Cc1ccccc1OCCCCCC(=O)O. The molecule has 0 aliphatic carbocycles. The summed E-state index contributed by atoms with van der Waals surface area (Å²) in [6, 6.07) is 21.0. The van der Waals surface area contributed by atoms with Gasteiger partial charge in [-0.2, -0.15) is 0 Å². The number of hydrogen-bond acceptors (Lipinski definition) is 4.